The van der Waals surface area contributed by atoms with Gasteiger partial charge >= 0.3 is 5.97 Å². The minimum atomic E-state index is -0.614. The fourth-order valence-electron chi connectivity index (χ4n) is 4.70. The Balaban J connectivity index is 1.74. The van der Waals surface area contributed by atoms with E-state index < -0.39 is 11.8 Å². The quantitative estimate of drug-likeness (QED) is 0.236. The van der Waals surface area contributed by atoms with Crippen molar-refractivity contribution in [3.8, 4) is 17.0 Å². The van der Waals surface area contributed by atoms with Gasteiger partial charge in [0.15, 0.2) is 0 Å². The number of anilines is 1. The van der Waals surface area contributed by atoms with Crippen LogP contribution in [0.1, 0.15) is 57.0 Å². The third-order valence-electron chi connectivity index (χ3n) is 5.65. The lowest BCUT2D eigenvalue weighted by atomic mass is 9.82. The second-order valence-corrected chi connectivity index (χ2v) is 10.9. The molecule has 2 aromatic heterocycles. The molecule has 0 saturated heterocycles. The molecule has 1 N–H and O–H groups in total. The highest BCUT2D eigenvalue weighted by molar-refractivity contribution is 5.91. The van der Waals surface area contributed by atoms with Crippen molar-refractivity contribution < 1.29 is 13.9 Å². The van der Waals surface area contributed by atoms with Crippen LogP contribution in [0.4, 0.5) is 10.2 Å². The molecule has 6 heteroatoms. The average Bonchev–Trinajstić information content (AvgIpc) is 3.11. The number of fused-ring (bicyclic) bond motifs is 1. The molecule has 182 valence electrons. The second-order valence-electron chi connectivity index (χ2n) is 10.9. The van der Waals surface area contributed by atoms with Gasteiger partial charge in [-0.15, -0.1) is 0 Å². The van der Waals surface area contributed by atoms with Crippen molar-refractivity contribution in [2.45, 2.75) is 53.5 Å². The molecular weight excluding hydrogens is 441 g/mol. The SMILES string of the molecule is Cc1cccn2c(NC(C)(C)CC(C)(C)C)c(-c3cccc(OC(=O)c4cccc(F)c4)c3)nc12. The van der Waals surface area contributed by atoms with Crippen molar-refractivity contribution in [2.75, 3.05) is 5.32 Å². The number of benzene rings is 2. The van der Waals surface area contributed by atoms with Crippen molar-refractivity contribution in [1.29, 1.82) is 0 Å². The lowest BCUT2D eigenvalue weighted by Crippen LogP contribution is -2.36. The van der Waals surface area contributed by atoms with Crippen LogP contribution in [0.2, 0.25) is 0 Å². The Bertz CT molecular complexity index is 1380. The highest BCUT2D eigenvalue weighted by Gasteiger charge is 2.28. The van der Waals surface area contributed by atoms with Gasteiger partial charge in [-0.1, -0.05) is 45.0 Å². The summed E-state index contributed by atoms with van der Waals surface area (Å²) in [6.07, 6.45) is 2.95. The molecule has 2 aromatic carbocycles. The highest BCUT2D eigenvalue weighted by Crippen LogP contribution is 2.36. The molecule has 0 aliphatic heterocycles. The number of nitrogens with zero attached hydrogens (tertiary/aromatic N) is 2. The number of nitrogens with one attached hydrogen (secondary N) is 1. The van der Waals surface area contributed by atoms with Gasteiger partial charge in [0.05, 0.1) is 5.56 Å². The molecule has 0 atom stereocenters. The van der Waals surface area contributed by atoms with Crippen LogP contribution in [0.25, 0.3) is 16.9 Å². The molecule has 0 fully saturated rings. The summed E-state index contributed by atoms with van der Waals surface area (Å²) in [6, 6.07) is 16.8. The van der Waals surface area contributed by atoms with E-state index in [0.717, 1.165) is 40.8 Å². The summed E-state index contributed by atoms with van der Waals surface area (Å²) in [4.78, 5) is 17.5. The number of hydrogen-bond acceptors (Lipinski definition) is 4. The number of imidazole rings is 1. The third-order valence-corrected chi connectivity index (χ3v) is 5.65. The largest absolute Gasteiger partial charge is 0.423 e. The number of ether oxygens (including phenoxy) is 1. The number of aromatic nitrogens is 2. The first kappa shape index (κ1) is 24.5. The van der Waals surface area contributed by atoms with E-state index >= 15 is 0 Å². The van der Waals surface area contributed by atoms with Crippen LogP contribution < -0.4 is 10.1 Å². The van der Waals surface area contributed by atoms with Crippen molar-refractivity contribution in [1.82, 2.24) is 9.38 Å². The molecule has 4 aromatic rings. The van der Waals surface area contributed by atoms with E-state index in [1.807, 2.05) is 37.4 Å². The summed E-state index contributed by atoms with van der Waals surface area (Å²) in [6.45, 7) is 13.1. The monoisotopic (exact) mass is 473 g/mol. The first-order chi connectivity index (χ1) is 16.4. The molecule has 0 aliphatic carbocycles. The lowest BCUT2D eigenvalue weighted by molar-refractivity contribution is 0.0734. The van der Waals surface area contributed by atoms with Gasteiger partial charge in [0, 0.05) is 17.3 Å². The van der Waals surface area contributed by atoms with Gasteiger partial charge in [-0.2, -0.15) is 0 Å². The summed E-state index contributed by atoms with van der Waals surface area (Å²) in [5.41, 5.74) is 3.59. The zero-order valence-corrected chi connectivity index (χ0v) is 21.1. The van der Waals surface area contributed by atoms with Crippen LogP contribution in [0, 0.1) is 18.2 Å². The third kappa shape index (κ3) is 5.70. The summed E-state index contributed by atoms with van der Waals surface area (Å²) in [5, 5.41) is 3.74. The molecule has 0 aliphatic rings. The van der Waals surface area contributed by atoms with Crippen molar-refractivity contribution >= 4 is 17.4 Å². The Morgan fingerprint density at radius 1 is 1.03 bits per heavy atom. The Kier molecular flexibility index (Phi) is 6.41. The molecule has 4 rings (SSSR count). The zero-order valence-electron chi connectivity index (χ0n) is 21.1. The van der Waals surface area contributed by atoms with Crippen LogP contribution in [0.15, 0.2) is 66.9 Å². The lowest BCUT2D eigenvalue weighted by Gasteiger charge is -2.34. The molecule has 0 bridgehead atoms. The van der Waals surface area contributed by atoms with E-state index in [9.17, 15) is 9.18 Å². The fraction of sp³-hybridized carbons (Fsp3) is 0.310. The molecule has 0 amide bonds. The van der Waals surface area contributed by atoms with Gasteiger partial charge < -0.3 is 10.1 Å². The Hall–Kier alpha value is -3.67. The van der Waals surface area contributed by atoms with Gasteiger partial charge in [0.1, 0.15) is 28.7 Å². The number of rotatable bonds is 6. The summed E-state index contributed by atoms with van der Waals surface area (Å²) < 4.78 is 21.2. The number of carbonyl (C=O) groups excluding carboxylic acids is 1. The molecule has 0 radical (unpaired) electrons. The van der Waals surface area contributed by atoms with Gasteiger partial charge in [-0.25, -0.2) is 14.2 Å². The highest BCUT2D eigenvalue weighted by atomic mass is 19.1. The first-order valence-electron chi connectivity index (χ1n) is 11.8. The summed E-state index contributed by atoms with van der Waals surface area (Å²) in [7, 11) is 0. The van der Waals surface area contributed by atoms with E-state index in [1.165, 1.54) is 18.2 Å². The molecule has 5 nitrogen and oxygen atoms in total. The van der Waals surface area contributed by atoms with Crippen molar-refractivity contribution in [3.05, 3.63) is 83.8 Å². The minimum absolute atomic E-state index is 0.137. The standard InChI is InChI=1S/C29H32FN3O2/c1-19-10-9-15-33-25(19)31-24(26(33)32-29(5,6)18-28(2,3)4)20-11-8-14-23(17-20)35-27(34)21-12-7-13-22(30)16-21/h7-17,32H,18H2,1-6H3. The predicted molar refractivity (Wildman–Crippen MR) is 138 cm³/mol. The van der Waals surface area contributed by atoms with Gasteiger partial charge in [0.2, 0.25) is 0 Å². The molecular formula is C29H32FN3O2. The second kappa shape index (κ2) is 9.17. The van der Waals surface area contributed by atoms with Gasteiger partial charge in [0.25, 0.3) is 0 Å². The zero-order chi connectivity index (χ0) is 25.4. The van der Waals surface area contributed by atoms with E-state index in [-0.39, 0.29) is 16.5 Å². The van der Waals surface area contributed by atoms with Crippen LogP contribution in [-0.4, -0.2) is 20.9 Å². The summed E-state index contributed by atoms with van der Waals surface area (Å²) >= 11 is 0. The number of carbonyl (C=O) groups is 1. The number of esters is 1. The van der Waals surface area contributed by atoms with E-state index in [4.69, 9.17) is 9.72 Å². The number of hydrogen-bond donors (Lipinski definition) is 1. The number of pyridine rings is 1. The molecule has 2 heterocycles. The Labute approximate surface area is 206 Å². The number of halogens is 1. The van der Waals surface area contributed by atoms with Crippen LogP contribution in [-0.2, 0) is 0 Å². The van der Waals surface area contributed by atoms with E-state index in [2.05, 4.69) is 44.3 Å². The van der Waals surface area contributed by atoms with Crippen LogP contribution in [0.5, 0.6) is 5.75 Å². The maximum atomic E-state index is 13.5. The fourth-order valence-corrected chi connectivity index (χ4v) is 4.70. The normalized spacial score (nSPS) is 12.1. The van der Waals surface area contributed by atoms with Gasteiger partial charge in [-0.3, -0.25) is 4.40 Å². The molecule has 35 heavy (non-hydrogen) atoms. The van der Waals surface area contributed by atoms with E-state index in [0.29, 0.717) is 5.75 Å². The van der Waals surface area contributed by atoms with Crippen LogP contribution >= 0.6 is 0 Å². The predicted octanol–water partition coefficient (Wildman–Crippen LogP) is 7.29. The Morgan fingerprint density at radius 3 is 2.49 bits per heavy atom. The Morgan fingerprint density at radius 2 is 1.77 bits per heavy atom. The van der Waals surface area contributed by atoms with E-state index in [1.54, 1.807) is 12.1 Å². The average molecular weight is 474 g/mol. The smallest absolute Gasteiger partial charge is 0.343 e. The van der Waals surface area contributed by atoms with Crippen molar-refractivity contribution in [2.24, 2.45) is 5.41 Å². The molecule has 0 unspecified atom stereocenters. The minimum Gasteiger partial charge on any atom is -0.423 e. The maximum absolute atomic E-state index is 13.5. The van der Waals surface area contributed by atoms with Gasteiger partial charge in [-0.05, 0) is 74.6 Å². The maximum Gasteiger partial charge on any atom is 0.343 e. The topological polar surface area (TPSA) is 55.6 Å². The number of aryl methyl sites for hydroxylation is 1. The molecule has 0 saturated carbocycles. The summed E-state index contributed by atoms with van der Waals surface area (Å²) in [5.74, 6) is 0.149. The van der Waals surface area contributed by atoms with Crippen molar-refractivity contribution in [3.63, 3.8) is 0 Å². The van der Waals surface area contributed by atoms with Crippen LogP contribution in [0.3, 0.4) is 0 Å². The first-order valence-corrected chi connectivity index (χ1v) is 11.8. The molecule has 0 spiro atoms.